The van der Waals surface area contributed by atoms with Crippen LogP contribution in [0.1, 0.15) is 64.2 Å². The van der Waals surface area contributed by atoms with E-state index in [-0.39, 0.29) is 74.2 Å². The number of likely N-dealkylation sites (tertiary alicyclic amines) is 1. The Balaban J connectivity index is -0.000000144. The summed E-state index contributed by atoms with van der Waals surface area (Å²) in [6.07, 6.45) is 18.5. The molecular weight excluding hydrogens is 524 g/mol. The third kappa shape index (κ3) is 28.2. The third-order valence-corrected chi connectivity index (χ3v) is 5.16. The molecule has 4 nitrogen and oxygen atoms in total. The van der Waals surface area contributed by atoms with Gasteiger partial charge in [0.05, 0.1) is 0 Å². The number of rotatable bonds is 0. The number of likely N-dealkylation sites (N-methyl/N-ethyl adjacent to an activating group) is 1. The Morgan fingerprint density at radius 1 is 0.467 bits per heavy atom. The molecule has 30 heavy (non-hydrogen) atoms. The molecule has 3 aliphatic heterocycles. The van der Waals surface area contributed by atoms with Gasteiger partial charge in [-0.1, -0.05) is 38.5 Å². The van der Waals surface area contributed by atoms with Crippen LogP contribution in [0.2, 0.25) is 0 Å². The van der Waals surface area contributed by atoms with Gasteiger partial charge in [0.1, 0.15) is 0 Å². The molecule has 0 N–H and O–H groups in total. The second-order valence-corrected chi connectivity index (χ2v) is 7.80. The molecule has 3 heterocycles. The maximum atomic E-state index is 4.19. The van der Waals surface area contributed by atoms with Crippen LogP contribution in [0, 0.1) is 12.8 Å². The van der Waals surface area contributed by atoms with E-state index in [0.29, 0.717) is 0 Å². The van der Waals surface area contributed by atoms with E-state index in [2.05, 4.69) is 47.4 Å². The molecular formula is C22H44N4V4-4. The SMILES string of the molecule is C1CC[N-]CC1.CN1CC[CH-]CC1.CN1CC[N-]CC1.[CH-]1CCCCC1.[V].[V].[V].[V]. The normalized spacial score (nSPS) is 21.4. The molecule has 176 valence electrons. The minimum absolute atomic E-state index is 0. The summed E-state index contributed by atoms with van der Waals surface area (Å²) >= 11 is 0. The molecule has 0 aromatic rings. The second kappa shape index (κ2) is 31.2. The van der Waals surface area contributed by atoms with E-state index < -0.39 is 0 Å². The maximum Gasteiger partial charge on any atom is 0 e. The number of nitrogens with zero attached hydrogens (tertiary/aromatic N) is 4. The first-order valence-electron chi connectivity index (χ1n) is 11.1. The monoisotopic (exact) mass is 568 g/mol. The molecule has 1 aliphatic carbocycles. The van der Waals surface area contributed by atoms with Gasteiger partial charge in [0.15, 0.2) is 0 Å². The van der Waals surface area contributed by atoms with Gasteiger partial charge in [-0.2, -0.15) is 25.7 Å². The summed E-state index contributed by atoms with van der Waals surface area (Å²) in [5, 5.41) is 8.36. The van der Waals surface area contributed by atoms with Crippen molar-refractivity contribution in [3.8, 4) is 0 Å². The van der Waals surface area contributed by atoms with Gasteiger partial charge in [0, 0.05) is 74.2 Å². The largest absolute Gasteiger partial charge is 0.662 e. The first kappa shape index (κ1) is 39.4. The van der Waals surface area contributed by atoms with Crippen LogP contribution in [0.25, 0.3) is 10.6 Å². The molecule has 4 aliphatic rings. The smallest absolute Gasteiger partial charge is 0 e. The van der Waals surface area contributed by atoms with E-state index in [1.807, 2.05) is 0 Å². The van der Waals surface area contributed by atoms with E-state index in [0.717, 1.165) is 39.3 Å². The van der Waals surface area contributed by atoms with Crippen LogP contribution in [0.3, 0.4) is 0 Å². The van der Waals surface area contributed by atoms with Gasteiger partial charge >= 0.3 is 0 Å². The molecule has 0 bridgehead atoms. The number of hydrogen-bond acceptors (Lipinski definition) is 2. The summed E-state index contributed by atoms with van der Waals surface area (Å²) in [6.45, 7) is 9.16. The van der Waals surface area contributed by atoms with E-state index in [4.69, 9.17) is 0 Å². The predicted molar refractivity (Wildman–Crippen MR) is 116 cm³/mol. The van der Waals surface area contributed by atoms with Crippen molar-refractivity contribution in [3.63, 3.8) is 0 Å². The van der Waals surface area contributed by atoms with Crippen molar-refractivity contribution in [2.24, 2.45) is 0 Å². The summed E-state index contributed by atoms with van der Waals surface area (Å²) in [5.41, 5.74) is 0. The standard InChI is InChI=1S/C6H12N.C6H11.C5H11N2.C5H10N.4V/c1-7-5-3-2-4-6-7;1-2-4-6-5-3-1;1-7-4-2-6-3-5-7;1-2-4-6-5-3-1;;;;/h2H,3-6H2,1H3;1H,2-6H2;2-5H2,1H3;1-5H2;;;;/q4*-1;;;;. The van der Waals surface area contributed by atoms with Crippen LogP contribution in [0.4, 0.5) is 0 Å². The Morgan fingerprint density at radius 3 is 1.07 bits per heavy atom. The zero-order valence-electron chi connectivity index (χ0n) is 19.5. The average molecular weight is 568 g/mol. The molecule has 1 saturated carbocycles. The minimum atomic E-state index is 0. The van der Waals surface area contributed by atoms with Crippen LogP contribution in [-0.2, 0) is 74.2 Å². The number of piperazine rings is 1. The van der Waals surface area contributed by atoms with Crippen LogP contribution in [0.5, 0.6) is 0 Å². The Hall–Kier alpha value is 2.18. The molecule has 0 amide bonds. The first-order chi connectivity index (χ1) is 12.8. The molecule has 4 radical (unpaired) electrons. The van der Waals surface area contributed by atoms with Crippen LogP contribution in [0.15, 0.2) is 0 Å². The van der Waals surface area contributed by atoms with E-state index in [1.165, 1.54) is 77.3 Å². The summed E-state index contributed by atoms with van der Waals surface area (Å²) in [4.78, 5) is 4.66. The molecule has 0 spiro atoms. The average Bonchev–Trinajstić information content (AvgIpc) is 2.73. The zero-order valence-corrected chi connectivity index (χ0v) is 25.0. The summed E-state index contributed by atoms with van der Waals surface area (Å²) < 4.78 is 0. The quantitative estimate of drug-likeness (QED) is 0.390. The molecule has 0 atom stereocenters. The minimum Gasteiger partial charge on any atom is -0.662 e. The van der Waals surface area contributed by atoms with Gasteiger partial charge in [-0.05, 0) is 40.3 Å². The van der Waals surface area contributed by atoms with Crippen LogP contribution in [-0.4, -0.2) is 76.3 Å². The van der Waals surface area contributed by atoms with Gasteiger partial charge in [-0.3, -0.25) is 0 Å². The fraction of sp³-hybridized carbons (Fsp3) is 0.909. The molecule has 0 aromatic carbocycles. The summed E-state index contributed by atoms with van der Waals surface area (Å²) in [5.74, 6) is 0. The van der Waals surface area contributed by atoms with Gasteiger partial charge in [-0.25, -0.2) is 0 Å². The van der Waals surface area contributed by atoms with Gasteiger partial charge in [0.2, 0.25) is 0 Å². The summed E-state index contributed by atoms with van der Waals surface area (Å²) in [7, 11) is 4.31. The molecule has 0 unspecified atom stereocenters. The molecule has 4 rings (SSSR count). The molecule has 4 fully saturated rings. The van der Waals surface area contributed by atoms with Gasteiger partial charge in [0.25, 0.3) is 0 Å². The van der Waals surface area contributed by atoms with Crippen molar-refractivity contribution < 1.29 is 74.2 Å². The Morgan fingerprint density at radius 2 is 0.867 bits per heavy atom. The van der Waals surface area contributed by atoms with Crippen LogP contribution >= 0.6 is 0 Å². The fourth-order valence-corrected chi connectivity index (χ4v) is 3.22. The van der Waals surface area contributed by atoms with Crippen molar-refractivity contribution in [2.45, 2.75) is 64.2 Å². The zero-order chi connectivity index (χ0) is 18.7. The topological polar surface area (TPSA) is 34.7 Å². The first-order valence-corrected chi connectivity index (χ1v) is 11.1. The maximum absolute atomic E-state index is 4.19. The second-order valence-electron chi connectivity index (χ2n) is 7.80. The molecule has 0 aromatic heterocycles. The Bertz CT molecular complexity index is 231. The van der Waals surface area contributed by atoms with E-state index in [1.54, 1.807) is 0 Å². The predicted octanol–water partition coefficient (Wildman–Crippen LogP) is 4.91. The Kier molecular flexibility index (Phi) is 40.9. The van der Waals surface area contributed by atoms with E-state index in [9.17, 15) is 0 Å². The van der Waals surface area contributed by atoms with Crippen molar-refractivity contribution >= 4 is 0 Å². The third-order valence-electron chi connectivity index (χ3n) is 5.16. The fourth-order valence-electron chi connectivity index (χ4n) is 3.22. The number of hydrogen-bond donors (Lipinski definition) is 0. The molecule has 8 heteroatoms. The van der Waals surface area contributed by atoms with E-state index >= 15 is 0 Å². The molecule has 3 saturated heterocycles. The van der Waals surface area contributed by atoms with Gasteiger partial charge in [-0.15, -0.1) is 26.2 Å². The van der Waals surface area contributed by atoms with Crippen LogP contribution < -0.4 is 0 Å². The Labute approximate surface area is 236 Å². The van der Waals surface area contributed by atoms with Gasteiger partial charge < -0.3 is 33.3 Å². The van der Waals surface area contributed by atoms with Crippen molar-refractivity contribution in [3.05, 3.63) is 23.5 Å². The van der Waals surface area contributed by atoms with Crippen molar-refractivity contribution in [1.29, 1.82) is 0 Å². The summed E-state index contributed by atoms with van der Waals surface area (Å²) in [6, 6.07) is 0. The van der Waals surface area contributed by atoms with Crippen molar-refractivity contribution in [2.75, 3.05) is 66.5 Å². The van der Waals surface area contributed by atoms with Crippen molar-refractivity contribution in [1.82, 2.24) is 9.80 Å². The number of piperidine rings is 2.